The van der Waals surface area contributed by atoms with Gasteiger partial charge in [-0.3, -0.25) is 0 Å². The van der Waals surface area contributed by atoms with Crippen LogP contribution in [0, 0.1) is 0 Å². The van der Waals surface area contributed by atoms with E-state index in [4.69, 9.17) is 5.73 Å². The molecule has 26 heavy (non-hydrogen) atoms. The molecule has 2 N–H and O–H groups in total. The number of nitrogens with zero attached hydrogens (tertiary/aromatic N) is 3. The summed E-state index contributed by atoms with van der Waals surface area (Å²) in [4.78, 5) is 10.5. The quantitative estimate of drug-likeness (QED) is 0.839. The largest absolute Gasteiger partial charge is 0.341 e. The Bertz CT molecular complexity index is 819. The molecule has 0 spiro atoms. The van der Waals surface area contributed by atoms with Gasteiger partial charge in [0.2, 0.25) is 5.95 Å². The Kier molecular flexibility index (Phi) is 4.10. The van der Waals surface area contributed by atoms with Crippen LogP contribution in [0.25, 0.3) is 11.3 Å². The second kappa shape index (κ2) is 6.19. The van der Waals surface area contributed by atoms with Crippen LogP contribution in [0.1, 0.15) is 35.7 Å². The van der Waals surface area contributed by atoms with E-state index in [2.05, 4.69) is 9.97 Å². The molecule has 1 fully saturated rings. The second-order valence-electron chi connectivity index (χ2n) is 6.73. The number of hydrogen-bond donors (Lipinski definition) is 1. The molecular formula is C18H18F4N4. The number of benzene rings is 1. The molecule has 2 aromatic rings. The number of nitrogens with two attached hydrogens (primary N) is 1. The normalized spacial score (nSPS) is 19.4. The zero-order valence-electron chi connectivity index (χ0n) is 13.9. The fraction of sp³-hybridized carbons (Fsp3) is 0.444. The van der Waals surface area contributed by atoms with E-state index in [1.165, 1.54) is 12.1 Å². The van der Waals surface area contributed by atoms with Crippen molar-refractivity contribution < 1.29 is 17.6 Å². The van der Waals surface area contributed by atoms with Crippen LogP contribution >= 0.6 is 0 Å². The average molecular weight is 366 g/mol. The van der Waals surface area contributed by atoms with Crippen molar-refractivity contribution in [2.24, 2.45) is 5.73 Å². The van der Waals surface area contributed by atoms with Gasteiger partial charge in [-0.15, -0.1) is 0 Å². The molecule has 1 unspecified atom stereocenters. The predicted molar refractivity (Wildman–Crippen MR) is 89.4 cm³/mol. The molecule has 0 amide bonds. The molecule has 4 rings (SSSR count). The van der Waals surface area contributed by atoms with Gasteiger partial charge in [0.05, 0.1) is 11.7 Å². The first-order chi connectivity index (χ1) is 12.4. The van der Waals surface area contributed by atoms with E-state index in [9.17, 15) is 17.6 Å². The topological polar surface area (TPSA) is 55.0 Å². The van der Waals surface area contributed by atoms with Gasteiger partial charge in [-0.2, -0.15) is 8.78 Å². The van der Waals surface area contributed by atoms with Crippen molar-refractivity contribution in [3.63, 3.8) is 0 Å². The molecule has 0 radical (unpaired) electrons. The van der Waals surface area contributed by atoms with E-state index in [1.807, 2.05) is 4.90 Å². The SMILES string of the molecule is NC(c1ccc(-c2nc(N3CCC3)nc3c2CCC3(F)F)cc1)C(F)F. The summed E-state index contributed by atoms with van der Waals surface area (Å²) in [5.41, 5.74) is 7.03. The molecule has 1 aromatic carbocycles. The molecule has 0 bridgehead atoms. The molecular weight excluding hydrogens is 348 g/mol. The van der Waals surface area contributed by atoms with Crippen LogP contribution in [0.15, 0.2) is 24.3 Å². The summed E-state index contributed by atoms with van der Waals surface area (Å²) in [6.45, 7) is 1.48. The molecule has 1 aromatic heterocycles. The lowest BCUT2D eigenvalue weighted by atomic mass is 10.0. The lowest BCUT2D eigenvalue weighted by Gasteiger charge is -2.31. The smallest absolute Gasteiger partial charge is 0.290 e. The minimum Gasteiger partial charge on any atom is -0.341 e. The third kappa shape index (κ3) is 2.82. The van der Waals surface area contributed by atoms with Crippen molar-refractivity contribution in [1.82, 2.24) is 9.97 Å². The molecule has 2 aliphatic rings. The van der Waals surface area contributed by atoms with E-state index < -0.39 is 18.4 Å². The highest BCUT2D eigenvalue weighted by molar-refractivity contribution is 5.67. The van der Waals surface area contributed by atoms with Crippen molar-refractivity contribution in [3.8, 4) is 11.3 Å². The minimum absolute atomic E-state index is 0.191. The van der Waals surface area contributed by atoms with Gasteiger partial charge < -0.3 is 10.6 Å². The molecule has 1 atom stereocenters. The molecule has 138 valence electrons. The Morgan fingerprint density at radius 3 is 2.35 bits per heavy atom. The number of aromatic nitrogens is 2. The second-order valence-corrected chi connectivity index (χ2v) is 6.73. The van der Waals surface area contributed by atoms with Crippen molar-refractivity contribution in [1.29, 1.82) is 0 Å². The van der Waals surface area contributed by atoms with Gasteiger partial charge in [0, 0.05) is 30.6 Å². The highest BCUT2D eigenvalue weighted by atomic mass is 19.3. The van der Waals surface area contributed by atoms with Crippen LogP contribution in [-0.4, -0.2) is 29.5 Å². The highest BCUT2D eigenvalue weighted by Crippen LogP contribution is 2.44. The van der Waals surface area contributed by atoms with Crippen LogP contribution in [0.3, 0.4) is 0 Å². The highest BCUT2D eigenvalue weighted by Gasteiger charge is 2.43. The first-order valence-electron chi connectivity index (χ1n) is 8.55. The van der Waals surface area contributed by atoms with Crippen molar-refractivity contribution in [2.75, 3.05) is 18.0 Å². The molecule has 0 saturated carbocycles. The Labute approximate surface area is 148 Å². The zero-order valence-corrected chi connectivity index (χ0v) is 13.9. The van der Waals surface area contributed by atoms with Gasteiger partial charge >= 0.3 is 0 Å². The summed E-state index contributed by atoms with van der Waals surface area (Å²) in [6, 6.07) is 4.84. The number of anilines is 1. The lowest BCUT2D eigenvalue weighted by molar-refractivity contribution is -0.00593. The van der Waals surface area contributed by atoms with Crippen LogP contribution < -0.4 is 10.6 Å². The Morgan fingerprint density at radius 2 is 1.77 bits per heavy atom. The van der Waals surface area contributed by atoms with E-state index in [1.54, 1.807) is 12.1 Å². The molecule has 8 heteroatoms. The fourth-order valence-electron chi connectivity index (χ4n) is 3.32. The Hall–Kier alpha value is -2.22. The number of fused-ring (bicyclic) bond motifs is 1. The van der Waals surface area contributed by atoms with Gasteiger partial charge in [-0.05, 0) is 18.4 Å². The summed E-state index contributed by atoms with van der Waals surface area (Å²) < 4.78 is 54.0. The third-order valence-electron chi connectivity index (χ3n) is 5.01. The van der Waals surface area contributed by atoms with Gasteiger partial charge in [0.25, 0.3) is 12.3 Å². The van der Waals surface area contributed by atoms with E-state index in [0.717, 1.165) is 19.5 Å². The summed E-state index contributed by atoms with van der Waals surface area (Å²) in [6.07, 6.45) is -1.79. The van der Waals surface area contributed by atoms with Crippen LogP contribution in [0.2, 0.25) is 0 Å². The van der Waals surface area contributed by atoms with Crippen molar-refractivity contribution in [2.45, 2.75) is 37.7 Å². The van der Waals surface area contributed by atoms with Gasteiger partial charge in [0.1, 0.15) is 5.69 Å². The number of hydrogen-bond acceptors (Lipinski definition) is 4. The molecule has 2 heterocycles. The summed E-state index contributed by atoms with van der Waals surface area (Å²) >= 11 is 0. The van der Waals surface area contributed by atoms with Crippen molar-refractivity contribution >= 4 is 5.95 Å². The predicted octanol–water partition coefficient (Wildman–Crippen LogP) is 3.66. The number of rotatable bonds is 4. The molecule has 1 aliphatic heterocycles. The van der Waals surface area contributed by atoms with Crippen LogP contribution in [0.4, 0.5) is 23.5 Å². The Balaban J connectivity index is 1.77. The fourth-order valence-corrected chi connectivity index (χ4v) is 3.32. The van der Waals surface area contributed by atoms with E-state index >= 15 is 0 Å². The van der Waals surface area contributed by atoms with Gasteiger partial charge in [-0.1, -0.05) is 24.3 Å². The summed E-state index contributed by atoms with van der Waals surface area (Å²) in [5, 5.41) is 0. The molecule has 1 aliphatic carbocycles. The number of alkyl halides is 4. The first kappa shape index (κ1) is 17.2. The first-order valence-corrected chi connectivity index (χ1v) is 8.55. The third-order valence-corrected chi connectivity index (χ3v) is 5.01. The minimum atomic E-state index is -2.97. The molecule has 4 nitrogen and oxygen atoms in total. The van der Waals surface area contributed by atoms with Gasteiger partial charge in [0.15, 0.2) is 0 Å². The van der Waals surface area contributed by atoms with Crippen LogP contribution in [-0.2, 0) is 12.3 Å². The van der Waals surface area contributed by atoms with Gasteiger partial charge in [-0.25, -0.2) is 18.7 Å². The maximum absolute atomic E-state index is 14.2. The number of halogens is 4. The van der Waals surface area contributed by atoms with E-state index in [0.29, 0.717) is 28.3 Å². The maximum atomic E-state index is 14.2. The average Bonchev–Trinajstić information content (AvgIpc) is 2.87. The standard InChI is InChI=1S/C18H18F4N4/c19-16(20)13(23)10-2-4-11(5-3-10)14-12-6-7-18(21,22)15(12)25-17(24-14)26-8-1-9-26/h2-5,13,16H,1,6-9,23H2. The van der Waals surface area contributed by atoms with Crippen LogP contribution in [0.5, 0.6) is 0 Å². The summed E-state index contributed by atoms with van der Waals surface area (Å²) in [7, 11) is 0. The maximum Gasteiger partial charge on any atom is 0.290 e. The van der Waals surface area contributed by atoms with E-state index in [-0.39, 0.29) is 18.5 Å². The zero-order chi connectivity index (χ0) is 18.5. The summed E-state index contributed by atoms with van der Waals surface area (Å²) in [5.74, 6) is -2.66. The monoisotopic (exact) mass is 366 g/mol. The van der Waals surface area contributed by atoms with Crippen molar-refractivity contribution in [3.05, 3.63) is 41.1 Å². The lowest BCUT2D eigenvalue weighted by Crippen LogP contribution is -2.38. The molecule has 1 saturated heterocycles. The Morgan fingerprint density at radius 1 is 1.08 bits per heavy atom.